The third-order valence-electron chi connectivity index (χ3n) is 12.7. The van der Waals surface area contributed by atoms with Crippen LogP contribution in [-0.4, -0.2) is 114 Å². The van der Waals surface area contributed by atoms with Gasteiger partial charge in [0.2, 0.25) is 0 Å². The molecule has 0 bridgehead atoms. The minimum Gasteiger partial charge on any atom is -0.461 e. The van der Waals surface area contributed by atoms with Gasteiger partial charge in [0.1, 0.15) is 33.6 Å². The van der Waals surface area contributed by atoms with Crippen molar-refractivity contribution in [3.8, 4) is 17.3 Å². The van der Waals surface area contributed by atoms with Gasteiger partial charge in [0.05, 0.1) is 47.2 Å². The van der Waals surface area contributed by atoms with E-state index < -0.39 is 11.8 Å². The van der Waals surface area contributed by atoms with E-state index in [1.807, 2.05) is 18.8 Å². The molecular formula is C41H49FIN9O4. The van der Waals surface area contributed by atoms with Crippen LogP contribution in [0.1, 0.15) is 64.2 Å². The number of aromatic nitrogens is 7. The lowest BCUT2D eigenvalue weighted by atomic mass is 9.93. The smallest absolute Gasteiger partial charge is 0.320 e. The van der Waals surface area contributed by atoms with E-state index in [0.29, 0.717) is 50.7 Å². The van der Waals surface area contributed by atoms with Gasteiger partial charge in [-0.1, -0.05) is 25.1 Å². The lowest BCUT2D eigenvalue weighted by Gasteiger charge is -2.31. The van der Waals surface area contributed by atoms with Crippen molar-refractivity contribution < 1.29 is 23.7 Å². The van der Waals surface area contributed by atoms with E-state index in [9.17, 15) is 9.50 Å². The highest BCUT2D eigenvalue weighted by Gasteiger charge is 2.49. The molecule has 2 aromatic carbocycles. The van der Waals surface area contributed by atoms with Crippen LogP contribution in [0.15, 0.2) is 24.3 Å². The van der Waals surface area contributed by atoms with E-state index in [0.717, 1.165) is 105 Å². The van der Waals surface area contributed by atoms with Crippen LogP contribution in [0, 0.1) is 3.70 Å². The number of hydrogen-bond donors (Lipinski definition) is 1. The first kappa shape index (κ1) is 36.7. The van der Waals surface area contributed by atoms with Crippen LogP contribution >= 0.6 is 22.6 Å². The summed E-state index contributed by atoms with van der Waals surface area (Å²) in [5.41, 5.74) is 5.18. The van der Waals surface area contributed by atoms with E-state index in [4.69, 9.17) is 34.4 Å². The van der Waals surface area contributed by atoms with Gasteiger partial charge in [-0.25, -0.2) is 9.07 Å². The van der Waals surface area contributed by atoms with Crippen LogP contribution in [0.5, 0.6) is 6.01 Å². The van der Waals surface area contributed by atoms with Gasteiger partial charge in [-0.15, -0.1) is 0 Å². The van der Waals surface area contributed by atoms with Gasteiger partial charge < -0.3 is 28.8 Å². The second kappa shape index (κ2) is 13.7. The number of fused-ring (bicyclic) bond motifs is 6. The van der Waals surface area contributed by atoms with Crippen molar-refractivity contribution in [3.05, 3.63) is 33.5 Å². The first-order chi connectivity index (χ1) is 27.1. The molecule has 8 heterocycles. The van der Waals surface area contributed by atoms with Crippen molar-refractivity contribution in [2.24, 2.45) is 14.1 Å². The molecular weight excluding hydrogens is 828 g/mol. The van der Waals surface area contributed by atoms with E-state index >= 15 is 0 Å². The molecule has 296 valence electrons. The Kier molecular flexibility index (Phi) is 9.00. The number of rotatable bonds is 7. The van der Waals surface area contributed by atoms with Crippen molar-refractivity contribution in [2.75, 3.05) is 57.5 Å². The molecule has 0 spiro atoms. The SMILES string of the molecule is CCc1cccc2cc3c(c(I)nn3C3CCCCO3)c(-c3nn(C)c4c5c(N6CCOC[C@@](C)(O)C6)nc(OC[C@@]67CCCN6C[C@H](F)C7)nc5n(C)c34)c12. The summed E-state index contributed by atoms with van der Waals surface area (Å²) in [5.74, 6) is 0.653. The number of β-amino-alcohol motifs (C(OH)–C–C–N with tert-alkyl or cyclic N) is 1. The molecule has 56 heavy (non-hydrogen) atoms. The average Bonchev–Trinajstić information content (AvgIpc) is 3.95. The maximum Gasteiger partial charge on any atom is 0.320 e. The summed E-state index contributed by atoms with van der Waals surface area (Å²) in [6.07, 6.45) is 5.31. The Morgan fingerprint density at radius 3 is 2.75 bits per heavy atom. The van der Waals surface area contributed by atoms with Crippen molar-refractivity contribution in [1.82, 2.24) is 39.0 Å². The Balaban J connectivity index is 1.22. The number of benzene rings is 2. The largest absolute Gasteiger partial charge is 0.461 e. The second-order valence-corrected chi connectivity index (χ2v) is 17.7. The van der Waals surface area contributed by atoms with Crippen LogP contribution in [0.3, 0.4) is 0 Å². The molecule has 1 N–H and O–H groups in total. The summed E-state index contributed by atoms with van der Waals surface area (Å²) in [5, 5.41) is 26.1. The Bertz CT molecular complexity index is 2510. The molecule has 13 nitrogen and oxygen atoms in total. The third kappa shape index (κ3) is 5.81. The molecule has 0 aliphatic carbocycles. The molecule has 4 fully saturated rings. The van der Waals surface area contributed by atoms with Gasteiger partial charge in [-0.05, 0) is 97.0 Å². The first-order valence-corrected chi connectivity index (χ1v) is 21.2. The summed E-state index contributed by atoms with van der Waals surface area (Å²) in [7, 11) is 4.02. The van der Waals surface area contributed by atoms with Crippen LogP contribution in [0.4, 0.5) is 10.2 Å². The molecule has 0 saturated carbocycles. The van der Waals surface area contributed by atoms with Crippen molar-refractivity contribution in [2.45, 2.75) is 82.3 Å². The van der Waals surface area contributed by atoms with Gasteiger partial charge in [0, 0.05) is 51.2 Å². The summed E-state index contributed by atoms with van der Waals surface area (Å²) in [6, 6.07) is 9.04. The number of aryl methyl sites for hydroxylation is 3. The summed E-state index contributed by atoms with van der Waals surface area (Å²) in [6.45, 7) is 7.85. The predicted octanol–water partition coefficient (Wildman–Crippen LogP) is 6.43. The third-order valence-corrected chi connectivity index (χ3v) is 13.4. The quantitative estimate of drug-likeness (QED) is 0.180. The van der Waals surface area contributed by atoms with Gasteiger partial charge >= 0.3 is 6.01 Å². The van der Waals surface area contributed by atoms with Gasteiger partial charge in [0.15, 0.2) is 11.9 Å². The molecule has 0 amide bonds. The predicted molar refractivity (Wildman–Crippen MR) is 222 cm³/mol. The molecule has 10 rings (SSSR count). The second-order valence-electron chi connectivity index (χ2n) is 16.7. The topological polar surface area (TPSA) is 121 Å². The maximum atomic E-state index is 14.8. The number of hydrogen-bond acceptors (Lipinski definition) is 10. The van der Waals surface area contributed by atoms with Crippen LogP contribution in [0.2, 0.25) is 0 Å². The monoisotopic (exact) mass is 877 g/mol. The highest BCUT2D eigenvalue weighted by molar-refractivity contribution is 14.1. The van der Waals surface area contributed by atoms with E-state index in [2.05, 4.69) is 72.8 Å². The minimum atomic E-state index is -1.10. The van der Waals surface area contributed by atoms with Crippen molar-refractivity contribution in [1.29, 1.82) is 0 Å². The number of aliphatic hydroxyl groups is 1. The van der Waals surface area contributed by atoms with Crippen molar-refractivity contribution in [3.63, 3.8) is 0 Å². The van der Waals surface area contributed by atoms with Gasteiger partial charge in [0.25, 0.3) is 0 Å². The fourth-order valence-electron chi connectivity index (χ4n) is 10.2. The molecule has 0 radical (unpaired) electrons. The zero-order chi connectivity index (χ0) is 38.5. The number of halogens is 2. The fourth-order valence-corrected chi connectivity index (χ4v) is 10.9. The van der Waals surface area contributed by atoms with E-state index in [-0.39, 0.29) is 24.4 Å². The number of ether oxygens (including phenoxy) is 3. The molecule has 4 saturated heterocycles. The van der Waals surface area contributed by atoms with E-state index in [1.165, 1.54) is 5.56 Å². The lowest BCUT2D eigenvalue weighted by molar-refractivity contribution is -0.0368. The minimum absolute atomic E-state index is 0.127. The Morgan fingerprint density at radius 2 is 1.93 bits per heavy atom. The highest BCUT2D eigenvalue weighted by atomic mass is 127. The zero-order valence-electron chi connectivity index (χ0n) is 32.5. The molecule has 4 aromatic heterocycles. The Labute approximate surface area is 338 Å². The number of anilines is 1. The highest BCUT2D eigenvalue weighted by Crippen LogP contribution is 2.47. The maximum absolute atomic E-state index is 14.8. The van der Waals surface area contributed by atoms with Crippen LogP contribution < -0.4 is 9.64 Å². The molecule has 4 aliphatic rings. The number of nitrogens with zero attached hydrogens (tertiary/aromatic N) is 9. The number of alkyl halides is 1. The Hall–Kier alpha value is -3.64. The average molecular weight is 878 g/mol. The molecule has 6 aromatic rings. The van der Waals surface area contributed by atoms with Crippen LogP contribution in [0.25, 0.3) is 55.0 Å². The summed E-state index contributed by atoms with van der Waals surface area (Å²) in [4.78, 5) is 14.6. The van der Waals surface area contributed by atoms with E-state index in [1.54, 1.807) is 6.92 Å². The standard InChI is InChI=1S/C41H49FIN9O4/c1-5-24-10-8-11-25-18-27-30(36(43)47-52(27)28-12-6-7-16-55-28)31(29(24)25)33-35-34(49(4)46-33)32-37(48(35)3)44-39(45-38(32)50-15-17-54-22-40(2,53)21-50)56-23-41-13-9-14-51(41)20-26(42)19-41/h8,10-11,18,26,28,53H,5-7,9,12-17,19-23H2,1-4H3/t26-,28?,40+,41+/m1/s1. The normalized spacial score (nSPS) is 26.3. The lowest BCUT2D eigenvalue weighted by Crippen LogP contribution is -2.44. The Morgan fingerprint density at radius 1 is 1.05 bits per heavy atom. The molecule has 4 aliphatic heterocycles. The summed E-state index contributed by atoms with van der Waals surface area (Å²) >= 11 is 2.38. The molecule has 1 unspecified atom stereocenters. The van der Waals surface area contributed by atoms with Gasteiger partial charge in [-0.3, -0.25) is 9.58 Å². The van der Waals surface area contributed by atoms with Gasteiger partial charge in [-0.2, -0.15) is 20.2 Å². The fraction of sp³-hybridized carbons (Fsp3) is 0.561. The summed E-state index contributed by atoms with van der Waals surface area (Å²) < 4.78 is 40.5. The molecule has 15 heteroatoms. The van der Waals surface area contributed by atoms with Crippen LogP contribution in [-0.2, 0) is 30.0 Å². The first-order valence-electron chi connectivity index (χ1n) is 20.1. The zero-order valence-corrected chi connectivity index (χ0v) is 34.7. The van der Waals surface area contributed by atoms with Crippen molar-refractivity contribution >= 4 is 72.2 Å². The molecule has 4 atom stereocenters.